The molecule has 188 valence electrons. The number of anilines is 1. The van der Waals surface area contributed by atoms with E-state index in [9.17, 15) is 4.79 Å². The fraction of sp³-hybridized carbons (Fsp3) is 0.571. The maximum absolute atomic E-state index is 12.8. The van der Waals surface area contributed by atoms with E-state index in [1.54, 1.807) is 0 Å². The number of aromatic nitrogens is 4. The van der Waals surface area contributed by atoms with Crippen molar-refractivity contribution in [1.82, 2.24) is 24.6 Å². The monoisotopic (exact) mass is 476 g/mol. The lowest BCUT2D eigenvalue weighted by Crippen LogP contribution is -2.35. The Morgan fingerprint density at radius 2 is 1.80 bits per heavy atom. The molecule has 0 spiro atoms. The van der Waals surface area contributed by atoms with E-state index in [4.69, 9.17) is 15.1 Å². The zero-order valence-electron chi connectivity index (χ0n) is 21.6. The molecule has 4 rings (SSSR count). The first kappa shape index (κ1) is 25.1. The first-order valence-electron chi connectivity index (χ1n) is 13.5. The molecule has 1 saturated heterocycles. The molecule has 35 heavy (non-hydrogen) atoms. The van der Waals surface area contributed by atoms with Crippen molar-refractivity contribution in [3.63, 3.8) is 0 Å². The second-order valence-electron chi connectivity index (χ2n) is 9.76. The molecule has 3 heterocycles. The van der Waals surface area contributed by atoms with Gasteiger partial charge in [0.05, 0.1) is 17.3 Å². The van der Waals surface area contributed by atoms with Gasteiger partial charge in [0.25, 0.3) is 0 Å². The number of fused-ring (bicyclic) bond motifs is 1. The van der Waals surface area contributed by atoms with Crippen LogP contribution in [-0.2, 0) is 4.79 Å². The molecular weight excluding hydrogens is 436 g/mol. The predicted octanol–water partition coefficient (Wildman–Crippen LogP) is 5.73. The highest BCUT2D eigenvalue weighted by Gasteiger charge is 2.24. The molecule has 2 aromatic heterocycles. The predicted molar refractivity (Wildman–Crippen MR) is 142 cm³/mol. The van der Waals surface area contributed by atoms with Gasteiger partial charge in [0.15, 0.2) is 5.65 Å². The van der Waals surface area contributed by atoms with Crippen LogP contribution in [0.3, 0.4) is 0 Å². The average Bonchev–Trinajstić information content (AvgIpc) is 3.15. The average molecular weight is 477 g/mol. The standard InChI is InChI=1S/C28H40N6O/c1-4-6-7-11-16-25(35)32-17-12-18-33(20-19-32)27-24-21-29-34(23-14-9-8-10-15-23)28(24)31-26(30-27)22(3)13-5-2/h8-10,14-15,21-22H,4-7,11-13,16-20H2,1-3H3/t22-/m1/s1. The Morgan fingerprint density at radius 1 is 0.971 bits per heavy atom. The lowest BCUT2D eigenvalue weighted by Gasteiger charge is -2.24. The number of amides is 1. The molecule has 0 unspecified atom stereocenters. The second-order valence-corrected chi connectivity index (χ2v) is 9.76. The quantitative estimate of drug-likeness (QED) is 0.350. The lowest BCUT2D eigenvalue weighted by molar-refractivity contribution is -0.131. The molecule has 1 fully saturated rings. The summed E-state index contributed by atoms with van der Waals surface area (Å²) in [5.41, 5.74) is 1.85. The van der Waals surface area contributed by atoms with Gasteiger partial charge < -0.3 is 9.80 Å². The van der Waals surface area contributed by atoms with Crippen molar-refractivity contribution in [2.24, 2.45) is 0 Å². The number of carbonyl (C=O) groups is 1. The summed E-state index contributed by atoms with van der Waals surface area (Å²) in [5, 5.41) is 5.68. The van der Waals surface area contributed by atoms with E-state index < -0.39 is 0 Å². The summed E-state index contributed by atoms with van der Waals surface area (Å²) >= 11 is 0. The van der Waals surface area contributed by atoms with Gasteiger partial charge in [-0.05, 0) is 31.4 Å². The number of hydrogen-bond acceptors (Lipinski definition) is 5. The molecule has 1 aliphatic rings. The van der Waals surface area contributed by atoms with E-state index in [1.165, 1.54) is 12.8 Å². The molecule has 1 amide bonds. The number of para-hydroxylation sites is 1. The Kier molecular flexibility index (Phi) is 8.72. The summed E-state index contributed by atoms with van der Waals surface area (Å²) in [6.45, 7) is 9.83. The van der Waals surface area contributed by atoms with Gasteiger partial charge in [0, 0.05) is 38.5 Å². The van der Waals surface area contributed by atoms with Gasteiger partial charge in [0.1, 0.15) is 11.6 Å². The van der Waals surface area contributed by atoms with Crippen LogP contribution < -0.4 is 4.90 Å². The van der Waals surface area contributed by atoms with E-state index in [1.807, 2.05) is 29.1 Å². The van der Waals surface area contributed by atoms with Crippen LogP contribution in [0.2, 0.25) is 0 Å². The fourth-order valence-corrected chi connectivity index (χ4v) is 4.93. The largest absolute Gasteiger partial charge is 0.354 e. The molecule has 0 aliphatic carbocycles. The van der Waals surface area contributed by atoms with Crippen LogP contribution in [0.5, 0.6) is 0 Å². The van der Waals surface area contributed by atoms with Gasteiger partial charge in [-0.2, -0.15) is 5.10 Å². The number of benzene rings is 1. The van der Waals surface area contributed by atoms with E-state index in [-0.39, 0.29) is 5.92 Å². The van der Waals surface area contributed by atoms with Crippen molar-refractivity contribution in [3.8, 4) is 5.69 Å². The molecule has 0 N–H and O–H groups in total. The second kappa shape index (κ2) is 12.1. The van der Waals surface area contributed by atoms with E-state index in [0.29, 0.717) is 12.3 Å². The maximum atomic E-state index is 12.8. The topological polar surface area (TPSA) is 67.2 Å². The molecule has 3 aromatic rings. The Labute approximate surface area is 209 Å². The molecule has 0 bridgehead atoms. The molecule has 0 radical (unpaired) electrons. The van der Waals surface area contributed by atoms with Crippen molar-refractivity contribution in [3.05, 3.63) is 42.4 Å². The van der Waals surface area contributed by atoms with E-state index in [0.717, 1.165) is 86.6 Å². The zero-order valence-corrected chi connectivity index (χ0v) is 21.6. The van der Waals surface area contributed by atoms with Crippen LogP contribution >= 0.6 is 0 Å². The Balaban J connectivity index is 1.60. The summed E-state index contributed by atoms with van der Waals surface area (Å²) in [6.07, 6.45) is 10.2. The van der Waals surface area contributed by atoms with Crippen LogP contribution in [0, 0.1) is 0 Å². The Bertz CT molecular complexity index is 1100. The summed E-state index contributed by atoms with van der Waals surface area (Å²) in [6, 6.07) is 10.2. The molecule has 1 aliphatic heterocycles. The smallest absolute Gasteiger partial charge is 0.222 e. The Morgan fingerprint density at radius 3 is 2.57 bits per heavy atom. The molecule has 7 heteroatoms. The van der Waals surface area contributed by atoms with Crippen LogP contribution in [-0.4, -0.2) is 56.7 Å². The van der Waals surface area contributed by atoms with Gasteiger partial charge in [-0.15, -0.1) is 0 Å². The maximum Gasteiger partial charge on any atom is 0.222 e. The van der Waals surface area contributed by atoms with Crippen LogP contribution in [0.4, 0.5) is 5.82 Å². The van der Waals surface area contributed by atoms with Crippen LogP contribution in [0.15, 0.2) is 36.5 Å². The molecular formula is C28H40N6O. The summed E-state index contributed by atoms with van der Waals surface area (Å²) in [7, 11) is 0. The fourth-order valence-electron chi connectivity index (χ4n) is 4.93. The highest BCUT2D eigenvalue weighted by molar-refractivity contribution is 5.88. The summed E-state index contributed by atoms with van der Waals surface area (Å²) in [4.78, 5) is 27.3. The normalized spacial score (nSPS) is 15.4. The Hall–Kier alpha value is -2.96. The van der Waals surface area contributed by atoms with E-state index in [2.05, 4.69) is 42.7 Å². The SMILES string of the molecule is CCCCCCC(=O)N1CCCN(c2nc([C@H](C)CCC)nc3c2cnn3-c2ccccc2)CC1. The lowest BCUT2D eigenvalue weighted by atomic mass is 10.1. The third kappa shape index (κ3) is 6.00. The molecule has 0 saturated carbocycles. The van der Waals surface area contributed by atoms with Crippen LogP contribution in [0.25, 0.3) is 16.7 Å². The third-order valence-corrected chi connectivity index (χ3v) is 6.98. The number of nitrogens with zero attached hydrogens (tertiary/aromatic N) is 6. The molecule has 7 nitrogen and oxygen atoms in total. The highest BCUT2D eigenvalue weighted by Crippen LogP contribution is 2.29. The first-order valence-corrected chi connectivity index (χ1v) is 13.5. The minimum Gasteiger partial charge on any atom is -0.354 e. The minimum absolute atomic E-state index is 0.274. The minimum atomic E-state index is 0.274. The van der Waals surface area contributed by atoms with Crippen molar-refractivity contribution in [2.45, 2.75) is 78.1 Å². The van der Waals surface area contributed by atoms with Gasteiger partial charge in [-0.1, -0.05) is 64.7 Å². The number of unbranched alkanes of at least 4 members (excludes halogenated alkanes) is 3. The van der Waals surface area contributed by atoms with Crippen molar-refractivity contribution in [1.29, 1.82) is 0 Å². The number of carbonyl (C=O) groups excluding carboxylic acids is 1. The van der Waals surface area contributed by atoms with E-state index >= 15 is 0 Å². The van der Waals surface area contributed by atoms with Gasteiger partial charge in [0.2, 0.25) is 5.91 Å². The van der Waals surface area contributed by atoms with Gasteiger partial charge in [-0.25, -0.2) is 14.6 Å². The highest BCUT2D eigenvalue weighted by atomic mass is 16.2. The van der Waals surface area contributed by atoms with Gasteiger partial charge in [-0.3, -0.25) is 4.79 Å². The van der Waals surface area contributed by atoms with Crippen LogP contribution in [0.1, 0.15) is 83.9 Å². The zero-order chi connectivity index (χ0) is 24.6. The molecule has 1 aromatic carbocycles. The summed E-state index contributed by atoms with van der Waals surface area (Å²) < 4.78 is 1.92. The third-order valence-electron chi connectivity index (χ3n) is 6.98. The first-order chi connectivity index (χ1) is 17.1. The van der Waals surface area contributed by atoms with Crippen molar-refractivity contribution >= 4 is 22.8 Å². The van der Waals surface area contributed by atoms with Gasteiger partial charge >= 0.3 is 0 Å². The summed E-state index contributed by atoms with van der Waals surface area (Å²) in [5.74, 6) is 2.40. The number of hydrogen-bond donors (Lipinski definition) is 0. The van der Waals surface area contributed by atoms with Crippen molar-refractivity contribution < 1.29 is 4.79 Å². The molecule has 1 atom stereocenters. The number of rotatable bonds is 10. The van der Waals surface area contributed by atoms with Crippen molar-refractivity contribution in [2.75, 3.05) is 31.1 Å².